The quantitative estimate of drug-likeness (QED) is 0.586. The van der Waals surface area contributed by atoms with Crippen molar-refractivity contribution in [1.29, 1.82) is 0 Å². The Morgan fingerprint density at radius 1 is 1.05 bits per heavy atom. The zero-order chi connectivity index (χ0) is 15.0. The monoisotopic (exact) mass is 300 g/mol. The van der Waals surface area contributed by atoms with Crippen molar-refractivity contribution in [2.45, 2.75) is 6.29 Å². The van der Waals surface area contributed by atoms with Crippen LogP contribution in [-0.4, -0.2) is 46.4 Å². The fourth-order valence-corrected chi connectivity index (χ4v) is 1.70. The van der Waals surface area contributed by atoms with Gasteiger partial charge < -0.3 is 29.6 Å². The van der Waals surface area contributed by atoms with Crippen molar-refractivity contribution in [2.75, 3.05) is 40.3 Å². The molecule has 0 aliphatic rings. The fourth-order valence-electron chi connectivity index (χ4n) is 1.49. The van der Waals surface area contributed by atoms with E-state index in [1.165, 1.54) is 0 Å². The molecule has 1 rings (SSSR count). The summed E-state index contributed by atoms with van der Waals surface area (Å²) in [6, 6.07) is 5.43. The first-order chi connectivity index (χ1) is 9.62. The maximum absolute atomic E-state index is 5.19. The van der Waals surface area contributed by atoms with E-state index in [2.05, 4.69) is 10.6 Å². The third-order valence-corrected chi connectivity index (χ3v) is 2.81. The minimum Gasteiger partial charge on any atom is -0.497 e. The highest BCUT2D eigenvalue weighted by atomic mass is 32.1. The fraction of sp³-hybridized carbons (Fsp3) is 0.462. The largest absolute Gasteiger partial charge is 0.497 e. The molecule has 0 aliphatic carbocycles. The van der Waals surface area contributed by atoms with Gasteiger partial charge in [-0.25, -0.2) is 0 Å². The van der Waals surface area contributed by atoms with Crippen molar-refractivity contribution >= 4 is 23.0 Å². The van der Waals surface area contributed by atoms with Gasteiger partial charge in [-0.1, -0.05) is 0 Å². The molecule has 0 radical (unpaired) electrons. The second-order valence-corrected chi connectivity index (χ2v) is 4.25. The molecule has 0 aromatic heterocycles. The molecule has 0 aliphatic heterocycles. The Labute approximate surface area is 124 Å². The average molecular weight is 300 g/mol. The maximum atomic E-state index is 5.19. The summed E-state index contributed by atoms with van der Waals surface area (Å²) in [6.45, 7) is 0.444. The predicted molar refractivity (Wildman–Crippen MR) is 81.6 cm³/mol. The van der Waals surface area contributed by atoms with Gasteiger partial charge in [0.2, 0.25) is 0 Å². The molecule has 112 valence electrons. The Hall–Kier alpha value is -1.57. The lowest BCUT2D eigenvalue weighted by molar-refractivity contribution is -0.0964. The van der Waals surface area contributed by atoms with Crippen LogP contribution in [-0.2, 0) is 9.47 Å². The van der Waals surface area contributed by atoms with Crippen molar-refractivity contribution in [3.63, 3.8) is 0 Å². The van der Waals surface area contributed by atoms with Gasteiger partial charge >= 0.3 is 0 Å². The van der Waals surface area contributed by atoms with Crippen molar-refractivity contribution in [2.24, 2.45) is 0 Å². The van der Waals surface area contributed by atoms with E-state index < -0.39 is 0 Å². The van der Waals surface area contributed by atoms with Gasteiger partial charge in [-0.05, 0) is 12.2 Å². The Morgan fingerprint density at radius 2 is 1.60 bits per heavy atom. The average Bonchev–Trinajstić information content (AvgIpc) is 2.47. The summed E-state index contributed by atoms with van der Waals surface area (Å²) in [5.74, 6) is 1.36. The van der Waals surface area contributed by atoms with Crippen molar-refractivity contribution < 1.29 is 18.9 Å². The molecule has 0 heterocycles. The van der Waals surface area contributed by atoms with Crippen LogP contribution < -0.4 is 20.1 Å². The van der Waals surface area contributed by atoms with Crippen LogP contribution in [0.25, 0.3) is 0 Å². The molecule has 1 aromatic rings. The SMILES string of the molecule is COc1cc(NC(=S)NCC(OC)OC)cc(OC)c1. The Bertz CT molecular complexity index is 416. The van der Waals surface area contributed by atoms with E-state index in [0.717, 1.165) is 5.69 Å². The molecule has 0 saturated carbocycles. The highest BCUT2D eigenvalue weighted by Crippen LogP contribution is 2.25. The number of hydrogen-bond donors (Lipinski definition) is 2. The zero-order valence-electron chi connectivity index (χ0n) is 12.1. The molecule has 0 fully saturated rings. The van der Waals surface area contributed by atoms with Crippen molar-refractivity contribution in [3.8, 4) is 11.5 Å². The standard InChI is InChI=1S/C13H20N2O4S/c1-16-10-5-9(6-11(7-10)17-2)15-13(20)14-8-12(18-3)19-4/h5-7,12H,8H2,1-4H3,(H2,14,15,20). The van der Waals surface area contributed by atoms with Crippen LogP contribution in [0.5, 0.6) is 11.5 Å². The van der Waals surface area contributed by atoms with Crippen LogP contribution in [0.4, 0.5) is 5.69 Å². The lowest BCUT2D eigenvalue weighted by Crippen LogP contribution is -2.36. The molecule has 0 bridgehead atoms. The summed E-state index contributed by atoms with van der Waals surface area (Å²) >= 11 is 5.19. The lowest BCUT2D eigenvalue weighted by atomic mass is 10.3. The number of nitrogens with one attached hydrogen (secondary N) is 2. The van der Waals surface area contributed by atoms with Crippen LogP contribution >= 0.6 is 12.2 Å². The predicted octanol–water partition coefficient (Wildman–Crippen LogP) is 1.61. The van der Waals surface area contributed by atoms with E-state index in [1.54, 1.807) is 34.5 Å². The Morgan fingerprint density at radius 3 is 2.05 bits per heavy atom. The normalized spacial score (nSPS) is 10.2. The summed E-state index contributed by atoms with van der Waals surface area (Å²) in [7, 11) is 6.33. The van der Waals surface area contributed by atoms with Crippen molar-refractivity contribution in [3.05, 3.63) is 18.2 Å². The summed E-state index contributed by atoms with van der Waals surface area (Å²) < 4.78 is 20.5. The lowest BCUT2D eigenvalue weighted by Gasteiger charge is -2.16. The van der Waals surface area contributed by atoms with Gasteiger partial charge in [0, 0.05) is 38.1 Å². The van der Waals surface area contributed by atoms with Gasteiger partial charge in [0.25, 0.3) is 0 Å². The van der Waals surface area contributed by atoms with E-state index in [0.29, 0.717) is 23.2 Å². The van der Waals surface area contributed by atoms with Gasteiger partial charge in [0.1, 0.15) is 11.5 Å². The molecule has 0 saturated heterocycles. The molecule has 0 spiro atoms. The second kappa shape index (κ2) is 8.57. The molecule has 1 aromatic carbocycles. The smallest absolute Gasteiger partial charge is 0.174 e. The number of methoxy groups -OCH3 is 4. The first kappa shape index (κ1) is 16.5. The maximum Gasteiger partial charge on any atom is 0.174 e. The van der Waals surface area contributed by atoms with Crippen LogP contribution in [0, 0.1) is 0 Å². The summed E-state index contributed by atoms with van der Waals surface area (Å²) in [6.07, 6.45) is -0.352. The van der Waals surface area contributed by atoms with E-state index in [9.17, 15) is 0 Å². The molecule has 0 amide bonds. The van der Waals surface area contributed by atoms with Crippen molar-refractivity contribution in [1.82, 2.24) is 5.32 Å². The van der Waals surface area contributed by atoms with E-state index in [4.69, 9.17) is 31.2 Å². The summed E-state index contributed by atoms with van der Waals surface area (Å²) in [5, 5.41) is 6.50. The van der Waals surface area contributed by atoms with Gasteiger partial charge in [-0.2, -0.15) is 0 Å². The Kier molecular flexibility index (Phi) is 7.06. The molecule has 0 unspecified atom stereocenters. The Balaban J connectivity index is 2.61. The molecule has 0 atom stereocenters. The van der Waals surface area contributed by atoms with E-state index in [-0.39, 0.29) is 6.29 Å². The topological polar surface area (TPSA) is 61.0 Å². The minimum atomic E-state index is -0.352. The van der Waals surface area contributed by atoms with E-state index in [1.807, 2.05) is 12.1 Å². The molecule has 7 heteroatoms. The van der Waals surface area contributed by atoms with Crippen LogP contribution in [0.1, 0.15) is 0 Å². The summed E-state index contributed by atoms with van der Waals surface area (Å²) in [5.41, 5.74) is 0.769. The van der Waals surface area contributed by atoms with Gasteiger partial charge in [0.05, 0.1) is 20.8 Å². The molecular formula is C13H20N2O4S. The number of hydrogen-bond acceptors (Lipinski definition) is 5. The zero-order valence-corrected chi connectivity index (χ0v) is 12.9. The third-order valence-electron chi connectivity index (χ3n) is 2.56. The van der Waals surface area contributed by atoms with Crippen LogP contribution in [0.2, 0.25) is 0 Å². The van der Waals surface area contributed by atoms with Gasteiger partial charge in [-0.15, -0.1) is 0 Å². The van der Waals surface area contributed by atoms with E-state index >= 15 is 0 Å². The third kappa shape index (κ3) is 5.20. The van der Waals surface area contributed by atoms with Gasteiger partial charge in [-0.3, -0.25) is 0 Å². The second-order valence-electron chi connectivity index (χ2n) is 3.84. The highest BCUT2D eigenvalue weighted by molar-refractivity contribution is 7.80. The molecule has 6 nitrogen and oxygen atoms in total. The molecule has 2 N–H and O–H groups in total. The summed E-state index contributed by atoms with van der Waals surface area (Å²) in [4.78, 5) is 0. The molecule has 20 heavy (non-hydrogen) atoms. The molecular weight excluding hydrogens is 280 g/mol. The van der Waals surface area contributed by atoms with Gasteiger partial charge in [0.15, 0.2) is 11.4 Å². The van der Waals surface area contributed by atoms with Crippen LogP contribution in [0.15, 0.2) is 18.2 Å². The minimum absolute atomic E-state index is 0.352. The number of rotatable bonds is 7. The number of anilines is 1. The number of ether oxygens (including phenoxy) is 4. The van der Waals surface area contributed by atoms with Crippen LogP contribution in [0.3, 0.4) is 0 Å². The first-order valence-electron chi connectivity index (χ1n) is 5.96. The number of benzene rings is 1. The highest BCUT2D eigenvalue weighted by Gasteiger charge is 2.07. The first-order valence-corrected chi connectivity index (χ1v) is 6.37. The number of thiocarbonyl (C=S) groups is 1.